The standard InChI is InChI=1S/C23H34N4O2/c1-24-23(25-14-18-5-2-3-8-21(18)29-15-16-9-10-16)27-20-7-4-6-17(13-20)22(28)26-19-11-12-19/h2-3,5,8,16-17,19-20H,4,6-7,9-15H2,1H3,(H,26,28)(H2,24,25,27). The van der Waals surface area contributed by atoms with Crippen molar-refractivity contribution < 1.29 is 9.53 Å². The molecule has 6 heteroatoms. The molecule has 1 aromatic rings. The lowest BCUT2D eigenvalue weighted by Gasteiger charge is -2.30. The minimum Gasteiger partial charge on any atom is -0.493 e. The molecule has 4 rings (SSSR count). The van der Waals surface area contributed by atoms with Gasteiger partial charge < -0.3 is 20.7 Å². The van der Waals surface area contributed by atoms with Gasteiger partial charge in [0.2, 0.25) is 5.91 Å². The van der Waals surface area contributed by atoms with Crippen LogP contribution in [0.1, 0.15) is 56.9 Å². The summed E-state index contributed by atoms with van der Waals surface area (Å²) in [4.78, 5) is 16.8. The minimum atomic E-state index is 0.122. The van der Waals surface area contributed by atoms with Crippen molar-refractivity contribution in [1.82, 2.24) is 16.0 Å². The molecule has 0 heterocycles. The van der Waals surface area contributed by atoms with Crippen LogP contribution in [0, 0.1) is 11.8 Å². The molecule has 0 saturated heterocycles. The van der Waals surface area contributed by atoms with E-state index in [1.54, 1.807) is 7.05 Å². The van der Waals surface area contributed by atoms with Crippen LogP contribution in [0.25, 0.3) is 0 Å². The van der Waals surface area contributed by atoms with E-state index in [4.69, 9.17) is 4.74 Å². The molecule has 3 aliphatic rings. The Labute approximate surface area is 173 Å². The van der Waals surface area contributed by atoms with Gasteiger partial charge in [0.15, 0.2) is 5.96 Å². The molecular formula is C23H34N4O2. The summed E-state index contributed by atoms with van der Waals surface area (Å²) in [5.74, 6) is 2.84. The predicted octanol–water partition coefficient (Wildman–Crippen LogP) is 2.98. The number of guanidine groups is 1. The van der Waals surface area contributed by atoms with Crippen molar-refractivity contribution in [1.29, 1.82) is 0 Å². The van der Waals surface area contributed by atoms with E-state index < -0.39 is 0 Å². The lowest BCUT2D eigenvalue weighted by atomic mass is 9.85. The van der Waals surface area contributed by atoms with Crippen molar-refractivity contribution in [3.63, 3.8) is 0 Å². The van der Waals surface area contributed by atoms with Crippen molar-refractivity contribution in [3.8, 4) is 5.75 Å². The van der Waals surface area contributed by atoms with Gasteiger partial charge in [-0.2, -0.15) is 0 Å². The topological polar surface area (TPSA) is 74.8 Å². The molecule has 3 N–H and O–H groups in total. The zero-order valence-electron chi connectivity index (χ0n) is 17.5. The van der Waals surface area contributed by atoms with Gasteiger partial charge >= 0.3 is 0 Å². The van der Waals surface area contributed by atoms with Crippen molar-refractivity contribution in [2.24, 2.45) is 16.8 Å². The molecule has 1 aromatic carbocycles. The van der Waals surface area contributed by atoms with Crippen LogP contribution in [-0.2, 0) is 11.3 Å². The van der Waals surface area contributed by atoms with Gasteiger partial charge in [-0.3, -0.25) is 9.79 Å². The molecule has 0 spiro atoms. The summed E-state index contributed by atoms with van der Waals surface area (Å²) in [5.41, 5.74) is 1.14. The third kappa shape index (κ3) is 6.12. The van der Waals surface area contributed by atoms with E-state index in [2.05, 4.69) is 27.0 Å². The molecule has 2 unspecified atom stereocenters. The summed E-state index contributed by atoms with van der Waals surface area (Å²) in [5, 5.41) is 10.1. The number of carbonyl (C=O) groups excluding carboxylic acids is 1. The smallest absolute Gasteiger partial charge is 0.223 e. The first-order chi connectivity index (χ1) is 14.2. The Hall–Kier alpha value is -2.24. The van der Waals surface area contributed by atoms with Crippen molar-refractivity contribution in [2.75, 3.05) is 13.7 Å². The Morgan fingerprint density at radius 1 is 1.07 bits per heavy atom. The third-order valence-corrected chi connectivity index (χ3v) is 6.12. The molecule has 0 bridgehead atoms. The van der Waals surface area contributed by atoms with Crippen molar-refractivity contribution in [3.05, 3.63) is 29.8 Å². The summed E-state index contributed by atoms with van der Waals surface area (Å²) in [7, 11) is 1.80. The van der Waals surface area contributed by atoms with E-state index in [0.29, 0.717) is 12.6 Å². The van der Waals surface area contributed by atoms with Gasteiger partial charge in [-0.15, -0.1) is 0 Å². The lowest BCUT2D eigenvalue weighted by molar-refractivity contribution is -0.126. The molecule has 3 saturated carbocycles. The zero-order chi connectivity index (χ0) is 20.1. The van der Waals surface area contributed by atoms with Crippen LogP contribution in [0.15, 0.2) is 29.3 Å². The first kappa shape index (κ1) is 20.0. The summed E-state index contributed by atoms with van der Waals surface area (Å²) < 4.78 is 6.01. The van der Waals surface area contributed by atoms with Crippen LogP contribution in [0.2, 0.25) is 0 Å². The number of nitrogens with zero attached hydrogens (tertiary/aromatic N) is 1. The van der Waals surface area contributed by atoms with Gasteiger partial charge in [0.25, 0.3) is 0 Å². The summed E-state index contributed by atoms with van der Waals surface area (Å²) in [6.45, 7) is 1.48. The quantitative estimate of drug-likeness (QED) is 0.465. The molecule has 158 valence electrons. The third-order valence-electron chi connectivity index (χ3n) is 6.12. The van der Waals surface area contributed by atoms with Crippen LogP contribution in [-0.4, -0.2) is 37.6 Å². The summed E-state index contributed by atoms with van der Waals surface area (Å²) >= 11 is 0. The number of nitrogens with one attached hydrogen (secondary N) is 3. The molecule has 0 radical (unpaired) electrons. The molecule has 3 fully saturated rings. The molecule has 3 aliphatic carbocycles. The number of hydrogen-bond acceptors (Lipinski definition) is 3. The molecule has 0 aromatic heterocycles. The zero-order valence-corrected chi connectivity index (χ0v) is 17.5. The van der Waals surface area contributed by atoms with E-state index in [1.165, 1.54) is 12.8 Å². The molecular weight excluding hydrogens is 364 g/mol. The van der Waals surface area contributed by atoms with Crippen molar-refractivity contribution in [2.45, 2.75) is 70.0 Å². The second-order valence-electron chi connectivity index (χ2n) is 8.78. The highest BCUT2D eigenvalue weighted by Gasteiger charge is 2.31. The molecule has 1 amide bonds. The first-order valence-corrected chi connectivity index (χ1v) is 11.2. The molecule has 6 nitrogen and oxygen atoms in total. The highest BCUT2D eigenvalue weighted by atomic mass is 16.5. The Morgan fingerprint density at radius 3 is 2.66 bits per heavy atom. The highest BCUT2D eigenvalue weighted by molar-refractivity contribution is 5.81. The number of aliphatic imine (C=N–C) groups is 1. The normalized spacial score (nSPS) is 24.7. The van der Waals surface area contributed by atoms with Gasteiger partial charge in [-0.05, 0) is 56.9 Å². The van der Waals surface area contributed by atoms with Gasteiger partial charge in [0.1, 0.15) is 5.75 Å². The van der Waals surface area contributed by atoms with Crippen LogP contribution >= 0.6 is 0 Å². The maximum absolute atomic E-state index is 12.4. The largest absolute Gasteiger partial charge is 0.493 e. The SMILES string of the molecule is CN=C(NCc1ccccc1OCC1CC1)NC1CCCC(C(=O)NC2CC2)C1. The average Bonchev–Trinajstić information content (AvgIpc) is 3.66. The first-order valence-electron chi connectivity index (χ1n) is 11.2. The van der Waals surface area contributed by atoms with E-state index in [1.807, 2.05) is 18.2 Å². The van der Waals surface area contributed by atoms with Gasteiger partial charge in [-0.25, -0.2) is 0 Å². The summed E-state index contributed by atoms with van der Waals surface area (Å²) in [6.07, 6.45) is 8.89. The van der Waals surface area contributed by atoms with Gasteiger partial charge in [-0.1, -0.05) is 24.6 Å². The Kier molecular flexibility index (Phi) is 6.57. The van der Waals surface area contributed by atoms with E-state index in [-0.39, 0.29) is 17.9 Å². The lowest BCUT2D eigenvalue weighted by Crippen LogP contribution is -2.47. The Balaban J connectivity index is 1.26. The van der Waals surface area contributed by atoms with Crippen LogP contribution in [0.4, 0.5) is 0 Å². The molecule has 0 aliphatic heterocycles. The minimum absolute atomic E-state index is 0.122. The molecule has 2 atom stereocenters. The monoisotopic (exact) mass is 398 g/mol. The van der Waals surface area contributed by atoms with Crippen LogP contribution in [0.3, 0.4) is 0 Å². The number of ether oxygens (including phenoxy) is 1. The van der Waals surface area contributed by atoms with Crippen molar-refractivity contribution >= 4 is 11.9 Å². The van der Waals surface area contributed by atoms with Crippen LogP contribution in [0.5, 0.6) is 5.75 Å². The van der Waals surface area contributed by atoms with E-state index in [0.717, 1.165) is 68.3 Å². The van der Waals surface area contributed by atoms with Gasteiger partial charge in [0, 0.05) is 37.2 Å². The Morgan fingerprint density at radius 2 is 1.90 bits per heavy atom. The predicted molar refractivity (Wildman–Crippen MR) is 115 cm³/mol. The second-order valence-corrected chi connectivity index (χ2v) is 8.78. The number of benzene rings is 1. The highest BCUT2D eigenvalue weighted by Crippen LogP contribution is 2.30. The fraction of sp³-hybridized carbons (Fsp3) is 0.652. The average molecular weight is 399 g/mol. The van der Waals surface area contributed by atoms with E-state index in [9.17, 15) is 4.79 Å². The number of amides is 1. The number of para-hydroxylation sites is 1. The molecule has 29 heavy (non-hydrogen) atoms. The fourth-order valence-electron chi connectivity index (χ4n) is 3.96. The maximum atomic E-state index is 12.4. The Bertz CT molecular complexity index is 727. The number of hydrogen-bond donors (Lipinski definition) is 3. The summed E-state index contributed by atoms with van der Waals surface area (Å²) in [6, 6.07) is 8.93. The second kappa shape index (κ2) is 9.51. The number of carbonyl (C=O) groups is 1. The maximum Gasteiger partial charge on any atom is 0.223 e. The number of rotatable bonds is 8. The van der Waals surface area contributed by atoms with Gasteiger partial charge in [0.05, 0.1) is 6.61 Å². The van der Waals surface area contributed by atoms with E-state index >= 15 is 0 Å². The fourth-order valence-corrected chi connectivity index (χ4v) is 3.96. The van der Waals surface area contributed by atoms with Crippen LogP contribution < -0.4 is 20.7 Å².